The first-order valence-corrected chi connectivity index (χ1v) is 7.98. The lowest BCUT2D eigenvalue weighted by molar-refractivity contribution is -0.180. The maximum atomic E-state index is 11.6. The van der Waals surface area contributed by atoms with E-state index < -0.39 is 0 Å². The number of hydrogen-bond donors (Lipinski definition) is 0. The van der Waals surface area contributed by atoms with Crippen molar-refractivity contribution in [3.05, 3.63) is 42.0 Å². The third kappa shape index (κ3) is 3.21. The molecule has 0 spiro atoms. The molecule has 2 amide bonds. The molecule has 5 nitrogen and oxygen atoms in total. The molecule has 0 aliphatic carbocycles. The van der Waals surface area contributed by atoms with Gasteiger partial charge in [-0.1, -0.05) is 19.1 Å². The van der Waals surface area contributed by atoms with E-state index in [2.05, 4.69) is 6.92 Å². The SMILES string of the molecule is CCC1COC1C(C)OCc1ccc(N2C(=O)C=CC2=O)cc1. The lowest BCUT2D eigenvalue weighted by Gasteiger charge is -2.40. The Morgan fingerprint density at radius 3 is 2.39 bits per heavy atom. The molecule has 2 aliphatic heterocycles. The maximum Gasteiger partial charge on any atom is 0.258 e. The Kier molecular flexibility index (Phi) is 4.59. The molecular formula is C18H21NO4. The zero-order valence-electron chi connectivity index (χ0n) is 13.4. The summed E-state index contributed by atoms with van der Waals surface area (Å²) in [5.41, 5.74) is 1.58. The first-order valence-electron chi connectivity index (χ1n) is 7.98. The van der Waals surface area contributed by atoms with E-state index in [1.807, 2.05) is 19.1 Å². The van der Waals surface area contributed by atoms with Gasteiger partial charge in [0, 0.05) is 18.1 Å². The van der Waals surface area contributed by atoms with Gasteiger partial charge in [0.05, 0.1) is 31.1 Å². The highest BCUT2D eigenvalue weighted by atomic mass is 16.6. The summed E-state index contributed by atoms with van der Waals surface area (Å²) in [5.74, 6) is -0.0206. The molecule has 2 aliphatic rings. The monoisotopic (exact) mass is 315 g/mol. The largest absolute Gasteiger partial charge is 0.375 e. The number of rotatable bonds is 6. The second kappa shape index (κ2) is 6.64. The van der Waals surface area contributed by atoms with Gasteiger partial charge in [-0.3, -0.25) is 9.59 Å². The fourth-order valence-corrected chi connectivity index (χ4v) is 2.93. The molecule has 2 heterocycles. The number of imide groups is 1. The molecule has 1 fully saturated rings. The molecule has 1 aromatic carbocycles. The van der Waals surface area contributed by atoms with E-state index in [9.17, 15) is 9.59 Å². The Morgan fingerprint density at radius 2 is 1.87 bits per heavy atom. The van der Waals surface area contributed by atoms with Crippen LogP contribution in [0.1, 0.15) is 25.8 Å². The number of amides is 2. The van der Waals surface area contributed by atoms with Gasteiger partial charge in [0.25, 0.3) is 11.8 Å². The van der Waals surface area contributed by atoms with Crippen LogP contribution in [0.2, 0.25) is 0 Å². The number of hydrogen-bond acceptors (Lipinski definition) is 4. The number of nitrogens with zero attached hydrogens (tertiary/aromatic N) is 1. The number of ether oxygens (including phenoxy) is 2. The van der Waals surface area contributed by atoms with Crippen molar-refractivity contribution in [1.29, 1.82) is 0 Å². The summed E-state index contributed by atoms with van der Waals surface area (Å²) in [6.07, 6.45) is 3.91. The van der Waals surface area contributed by atoms with Crippen LogP contribution in [0.4, 0.5) is 5.69 Å². The molecule has 0 N–H and O–H groups in total. The van der Waals surface area contributed by atoms with Crippen LogP contribution in [-0.4, -0.2) is 30.6 Å². The van der Waals surface area contributed by atoms with Crippen molar-refractivity contribution in [2.24, 2.45) is 5.92 Å². The molecule has 3 atom stereocenters. The van der Waals surface area contributed by atoms with Crippen LogP contribution < -0.4 is 4.90 Å². The molecule has 0 aromatic heterocycles. The molecule has 0 bridgehead atoms. The zero-order chi connectivity index (χ0) is 16.4. The van der Waals surface area contributed by atoms with E-state index in [1.165, 1.54) is 12.2 Å². The van der Waals surface area contributed by atoms with Crippen LogP contribution in [0.25, 0.3) is 0 Å². The van der Waals surface area contributed by atoms with Crippen LogP contribution in [0.5, 0.6) is 0 Å². The van der Waals surface area contributed by atoms with Crippen LogP contribution in [-0.2, 0) is 25.7 Å². The Morgan fingerprint density at radius 1 is 1.22 bits per heavy atom. The molecule has 5 heteroatoms. The molecule has 3 unspecified atom stereocenters. The van der Waals surface area contributed by atoms with E-state index in [0.717, 1.165) is 23.5 Å². The Balaban J connectivity index is 1.56. The number of carbonyl (C=O) groups excluding carboxylic acids is 2. The topological polar surface area (TPSA) is 55.8 Å². The highest BCUT2D eigenvalue weighted by Crippen LogP contribution is 2.28. The number of carbonyl (C=O) groups is 2. The van der Waals surface area contributed by atoms with Crippen LogP contribution in [0.3, 0.4) is 0 Å². The van der Waals surface area contributed by atoms with Gasteiger partial charge in [0.15, 0.2) is 0 Å². The van der Waals surface area contributed by atoms with Crippen LogP contribution in [0.15, 0.2) is 36.4 Å². The highest BCUT2D eigenvalue weighted by Gasteiger charge is 2.35. The van der Waals surface area contributed by atoms with Gasteiger partial charge in [0.1, 0.15) is 0 Å². The van der Waals surface area contributed by atoms with Crippen molar-refractivity contribution in [3.8, 4) is 0 Å². The third-order valence-electron chi connectivity index (χ3n) is 4.47. The first-order chi connectivity index (χ1) is 11.1. The normalized spacial score (nSPS) is 24.9. The van der Waals surface area contributed by atoms with Gasteiger partial charge in [-0.2, -0.15) is 0 Å². The lowest BCUT2D eigenvalue weighted by Crippen LogP contribution is -2.47. The second-order valence-electron chi connectivity index (χ2n) is 5.99. The minimum atomic E-state index is -0.305. The van der Waals surface area contributed by atoms with Gasteiger partial charge in [-0.15, -0.1) is 0 Å². The van der Waals surface area contributed by atoms with Gasteiger partial charge in [0.2, 0.25) is 0 Å². The molecule has 3 rings (SSSR count). The maximum absolute atomic E-state index is 11.6. The average molecular weight is 315 g/mol. The van der Waals surface area contributed by atoms with E-state index in [1.54, 1.807) is 12.1 Å². The molecular weight excluding hydrogens is 294 g/mol. The van der Waals surface area contributed by atoms with Crippen LogP contribution >= 0.6 is 0 Å². The Bertz CT molecular complexity index is 602. The van der Waals surface area contributed by atoms with Gasteiger partial charge >= 0.3 is 0 Å². The summed E-state index contributed by atoms with van der Waals surface area (Å²) < 4.78 is 11.5. The summed E-state index contributed by atoms with van der Waals surface area (Å²) in [5, 5.41) is 0. The van der Waals surface area contributed by atoms with E-state index >= 15 is 0 Å². The molecule has 1 aromatic rings. The van der Waals surface area contributed by atoms with Crippen molar-refractivity contribution in [2.45, 2.75) is 39.1 Å². The highest BCUT2D eigenvalue weighted by molar-refractivity contribution is 6.28. The fraction of sp³-hybridized carbons (Fsp3) is 0.444. The van der Waals surface area contributed by atoms with Crippen LogP contribution in [0, 0.1) is 5.92 Å². The summed E-state index contributed by atoms with van der Waals surface area (Å²) in [6.45, 7) is 5.52. The molecule has 0 saturated carbocycles. The van der Waals surface area contributed by atoms with E-state index in [4.69, 9.17) is 9.47 Å². The zero-order valence-corrected chi connectivity index (χ0v) is 13.4. The van der Waals surface area contributed by atoms with Gasteiger partial charge < -0.3 is 9.47 Å². The standard InChI is InChI=1S/C18H21NO4/c1-3-14-11-23-18(14)12(2)22-10-13-4-6-15(7-5-13)19-16(20)8-9-17(19)21/h4-9,12,14,18H,3,10-11H2,1-2H3. The second-order valence-corrected chi connectivity index (χ2v) is 5.99. The summed E-state index contributed by atoms with van der Waals surface area (Å²) in [6, 6.07) is 7.28. The van der Waals surface area contributed by atoms with Crippen molar-refractivity contribution in [2.75, 3.05) is 11.5 Å². The Labute approximate surface area is 135 Å². The summed E-state index contributed by atoms with van der Waals surface area (Å²) >= 11 is 0. The van der Waals surface area contributed by atoms with Gasteiger partial charge in [-0.05, 0) is 31.0 Å². The average Bonchev–Trinajstić information content (AvgIpc) is 2.84. The molecule has 122 valence electrons. The van der Waals surface area contributed by atoms with Crippen molar-refractivity contribution >= 4 is 17.5 Å². The van der Waals surface area contributed by atoms with Crippen molar-refractivity contribution < 1.29 is 19.1 Å². The summed E-state index contributed by atoms with van der Waals surface area (Å²) in [7, 11) is 0. The number of benzene rings is 1. The third-order valence-corrected chi connectivity index (χ3v) is 4.47. The van der Waals surface area contributed by atoms with Crippen molar-refractivity contribution in [3.63, 3.8) is 0 Å². The summed E-state index contributed by atoms with van der Waals surface area (Å²) in [4.78, 5) is 24.4. The Hall–Kier alpha value is -1.98. The van der Waals surface area contributed by atoms with E-state index in [0.29, 0.717) is 18.2 Å². The number of anilines is 1. The quantitative estimate of drug-likeness (QED) is 0.757. The lowest BCUT2D eigenvalue weighted by atomic mass is 9.91. The smallest absolute Gasteiger partial charge is 0.258 e. The van der Waals surface area contributed by atoms with Crippen molar-refractivity contribution in [1.82, 2.24) is 0 Å². The fourth-order valence-electron chi connectivity index (χ4n) is 2.93. The van der Waals surface area contributed by atoms with Gasteiger partial charge in [-0.25, -0.2) is 4.90 Å². The molecule has 0 radical (unpaired) electrons. The molecule has 1 saturated heterocycles. The van der Waals surface area contributed by atoms with E-state index in [-0.39, 0.29) is 24.0 Å². The predicted molar refractivity (Wildman–Crippen MR) is 85.8 cm³/mol. The first kappa shape index (κ1) is 15.9. The minimum absolute atomic E-state index is 0.0549. The predicted octanol–water partition coefficient (Wildman–Crippen LogP) is 2.45. The molecule has 23 heavy (non-hydrogen) atoms. The minimum Gasteiger partial charge on any atom is -0.375 e.